The average molecular weight is 565 g/mol. The fraction of sp³-hybridized carbons (Fsp3) is 0.207. The second-order valence-corrected chi connectivity index (χ2v) is 11.5. The van der Waals surface area contributed by atoms with E-state index in [1.165, 1.54) is 16.2 Å². The van der Waals surface area contributed by atoms with Crippen molar-refractivity contribution >= 4 is 67.3 Å². The number of hydrogen-bond donors (Lipinski definition) is 1. The summed E-state index contributed by atoms with van der Waals surface area (Å²) in [5.41, 5.74) is 4.66. The molecule has 6 rings (SSSR count). The number of amides is 1. The van der Waals surface area contributed by atoms with Crippen LogP contribution in [0.3, 0.4) is 0 Å². The van der Waals surface area contributed by atoms with E-state index in [4.69, 9.17) is 32.9 Å². The third-order valence-electron chi connectivity index (χ3n) is 6.90. The monoisotopic (exact) mass is 564 g/mol. The molecule has 1 aromatic heterocycles. The number of ether oxygens (including phenoxy) is 1. The van der Waals surface area contributed by atoms with E-state index in [2.05, 4.69) is 0 Å². The number of Topliss-reactive ketones (excluding diaryl/α,β-unsaturated/α-hetero) is 1. The number of thiazole rings is 1. The number of nitrogens with zero attached hydrogens (tertiary/aromatic N) is 2. The van der Waals surface area contributed by atoms with Gasteiger partial charge in [0.05, 0.1) is 31.9 Å². The third-order valence-corrected chi connectivity index (χ3v) is 8.64. The molecule has 0 unspecified atom stereocenters. The van der Waals surface area contributed by atoms with Gasteiger partial charge in [-0.05, 0) is 79.4 Å². The summed E-state index contributed by atoms with van der Waals surface area (Å²) in [5.74, 6) is -1.09. The number of hydrogen-bond acceptors (Lipinski definition) is 6. The topological polar surface area (TPSA) is 79.7 Å². The Hall–Kier alpha value is -3.39. The predicted molar refractivity (Wildman–Crippen MR) is 151 cm³/mol. The summed E-state index contributed by atoms with van der Waals surface area (Å²) in [6.07, 6.45) is 0.709. The van der Waals surface area contributed by atoms with E-state index in [-0.39, 0.29) is 22.5 Å². The van der Waals surface area contributed by atoms with E-state index in [0.717, 1.165) is 32.7 Å². The van der Waals surface area contributed by atoms with Crippen LogP contribution in [-0.2, 0) is 16.0 Å². The molecule has 9 heteroatoms. The SMILES string of the molecule is Cc1cc(C)c2nc(N3C(=O)C(=O)/C(=C(/O)c4ccc5c(c4)C[C@H](C)O5)[C@@H]3c3ccc(Cl)c(Cl)c3)sc2c1. The summed E-state index contributed by atoms with van der Waals surface area (Å²) in [6.45, 7) is 5.93. The van der Waals surface area contributed by atoms with Gasteiger partial charge in [-0.2, -0.15) is 0 Å². The molecular weight excluding hydrogens is 543 g/mol. The minimum absolute atomic E-state index is 0.0234. The highest BCUT2D eigenvalue weighted by atomic mass is 35.5. The van der Waals surface area contributed by atoms with E-state index < -0.39 is 17.7 Å². The number of aliphatic hydroxyl groups is 1. The maximum Gasteiger partial charge on any atom is 0.301 e. The first-order valence-corrected chi connectivity index (χ1v) is 13.6. The molecule has 2 aliphatic rings. The molecule has 1 amide bonds. The third kappa shape index (κ3) is 3.97. The zero-order valence-corrected chi connectivity index (χ0v) is 23.0. The maximum atomic E-state index is 13.6. The number of aliphatic hydroxyl groups excluding tert-OH is 1. The highest BCUT2D eigenvalue weighted by molar-refractivity contribution is 7.22. The number of carbonyl (C=O) groups is 2. The lowest BCUT2D eigenvalue weighted by Gasteiger charge is -2.23. The summed E-state index contributed by atoms with van der Waals surface area (Å²) in [6, 6.07) is 13.3. The van der Waals surface area contributed by atoms with Crippen molar-refractivity contribution < 1.29 is 19.4 Å². The molecule has 2 aliphatic heterocycles. The van der Waals surface area contributed by atoms with Crippen LogP contribution >= 0.6 is 34.5 Å². The molecule has 2 atom stereocenters. The van der Waals surface area contributed by atoms with Gasteiger partial charge >= 0.3 is 5.91 Å². The van der Waals surface area contributed by atoms with Gasteiger partial charge in [0.15, 0.2) is 5.13 Å². The van der Waals surface area contributed by atoms with Gasteiger partial charge in [-0.15, -0.1) is 0 Å². The Balaban J connectivity index is 1.56. The molecule has 38 heavy (non-hydrogen) atoms. The highest BCUT2D eigenvalue weighted by Gasteiger charge is 2.48. The number of halogens is 2. The van der Waals surface area contributed by atoms with Crippen LogP contribution in [0, 0.1) is 13.8 Å². The van der Waals surface area contributed by atoms with E-state index in [1.807, 2.05) is 32.9 Å². The van der Waals surface area contributed by atoms with E-state index in [0.29, 0.717) is 27.7 Å². The summed E-state index contributed by atoms with van der Waals surface area (Å²) in [5, 5.41) is 12.5. The minimum Gasteiger partial charge on any atom is -0.507 e. The minimum atomic E-state index is -0.949. The number of rotatable bonds is 3. The van der Waals surface area contributed by atoms with Crippen molar-refractivity contribution in [3.05, 3.63) is 92.0 Å². The molecule has 3 aromatic carbocycles. The molecule has 0 spiro atoms. The van der Waals surface area contributed by atoms with Gasteiger partial charge in [-0.1, -0.05) is 46.7 Å². The van der Waals surface area contributed by atoms with Crippen LogP contribution in [0.5, 0.6) is 5.75 Å². The Kier molecular flexibility index (Phi) is 5.98. The van der Waals surface area contributed by atoms with E-state index in [1.54, 1.807) is 36.4 Å². The fourth-order valence-electron chi connectivity index (χ4n) is 5.21. The Morgan fingerprint density at radius 2 is 1.87 bits per heavy atom. The van der Waals surface area contributed by atoms with E-state index >= 15 is 0 Å². The molecule has 0 bridgehead atoms. The van der Waals surface area contributed by atoms with Crippen LogP contribution < -0.4 is 9.64 Å². The van der Waals surface area contributed by atoms with Crippen LogP contribution in [0.15, 0.2) is 54.1 Å². The summed E-state index contributed by atoms with van der Waals surface area (Å²) in [7, 11) is 0. The zero-order chi connectivity index (χ0) is 26.9. The largest absolute Gasteiger partial charge is 0.507 e. The Morgan fingerprint density at radius 1 is 1.08 bits per heavy atom. The molecule has 4 aromatic rings. The number of aryl methyl sites for hydroxylation is 2. The van der Waals surface area contributed by atoms with Crippen LogP contribution in [0.1, 0.15) is 40.8 Å². The van der Waals surface area contributed by atoms with Crippen LogP contribution in [0.25, 0.3) is 16.0 Å². The van der Waals surface area contributed by atoms with E-state index in [9.17, 15) is 14.7 Å². The van der Waals surface area contributed by atoms with Crippen LogP contribution in [-0.4, -0.2) is 27.9 Å². The van der Waals surface area contributed by atoms with Crippen molar-refractivity contribution in [1.29, 1.82) is 0 Å². The van der Waals surface area contributed by atoms with Gasteiger partial charge in [-0.25, -0.2) is 4.98 Å². The molecule has 0 radical (unpaired) electrons. The average Bonchev–Trinajstić information content (AvgIpc) is 3.53. The number of anilines is 1. The normalized spacial score (nSPS) is 20.3. The smallest absolute Gasteiger partial charge is 0.301 e. The van der Waals surface area contributed by atoms with Crippen molar-refractivity contribution in [3.63, 3.8) is 0 Å². The molecule has 3 heterocycles. The van der Waals surface area contributed by atoms with Crippen molar-refractivity contribution in [2.75, 3.05) is 4.90 Å². The molecule has 192 valence electrons. The number of fused-ring (bicyclic) bond motifs is 2. The number of carbonyl (C=O) groups excluding carboxylic acids is 2. The Labute approximate surface area is 233 Å². The Morgan fingerprint density at radius 3 is 2.63 bits per heavy atom. The first kappa shape index (κ1) is 24.9. The van der Waals surface area contributed by atoms with Gasteiger partial charge < -0.3 is 9.84 Å². The lowest BCUT2D eigenvalue weighted by molar-refractivity contribution is -0.132. The molecule has 1 fully saturated rings. The zero-order valence-electron chi connectivity index (χ0n) is 20.7. The summed E-state index contributed by atoms with van der Waals surface area (Å²) in [4.78, 5) is 33.2. The van der Waals surface area contributed by atoms with Crippen molar-refractivity contribution in [3.8, 4) is 5.75 Å². The standard InChI is InChI=1S/C29H22Cl2N2O4S/c1-13-8-14(2)24-22(9-13)38-29(32-24)33-25(16-4-6-19(30)20(31)12-16)23(27(35)28(33)36)26(34)17-5-7-21-18(11-17)10-15(3)37-21/h4-9,11-12,15,25,34H,10H2,1-3H3/b26-23+/t15-,25-/m0/s1. The number of ketones is 1. The van der Waals surface area contributed by atoms with Crippen molar-refractivity contribution in [2.45, 2.75) is 39.3 Å². The predicted octanol–water partition coefficient (Wildman–Crippen LogP) is 7.17. The highest BCUT2D eigenvalue weighted by Crippen LogP contribution is 2.46. The summed E-state index contributed by atoms with van der Waals surface area (Å²) < 4.78 is 6.68. The quantitative estimate of drug-likeness (QED) is 0.162. The molecule has 0 saturated carbocycles. The van der Waals surface area contributed by atoms with Gasteiger partial charge in [0.25, 0.3) is 5.78 Å². The molecule has 0 aliphatic carbocycles. The molecule has 1 N–H and O–H groups in total. The van der Waals surface area contributed by atoms with Crippen molar-refractivity contribution in [2.24, 2.45) is 0 Å². The molecular formula is C29H22Cl2N2O4S. The van der Waals surface area contributed by atoms with Gasteiger partial charge in [0.2, 0.25) is 0 Å². The summed E-state index contributed by atoms with van der Waals surface area (Å²) >= 11 is 13.9. The lowest BCUT2D eigenvalue weighted by atomic mass is 9.94. The van der Waals surface area contributed by atoms with Gasteiger partial charge in [-0.3, -0.25) is 14.5 Å². The molecule has 1 saturated heterocycles. The lowest BCUT2D eigenvalue weighted by Crippen LogP contribution is -2.29. The van der Waals surface area contributed by atoms with Gasteiger partial charge in [0, 0.05) is 12.0 Å². The number of benzene rings is 3. The molecule has 6 nitrogen and oxygen atoms in total. The second-order valence-electron chi connectivity index (χ2n) is 9.72. The second kappa shape index (κ2) is 9.12. The van der Waals surface area contributed by atoms with Crippen molar-refractivity contribution in [1.82, 2.24) is 4.98 Å². The van der Waals surface area contributed by atoms with Crippen LogP contribution in [0.4, 0.5) is 5.13 Å². The Bertz CT molecular complexity index is 1710. The first-order valence-electron chi connectivity index (χ1n) is 12.1. The van der Waals surface area contributed by atoms with Crippen LogP contribution in [0.2, 0.25) is 10.0 Å². The number of aromatic nitrogens is 1. The first-order chi connectivity index (χ1) is 18.1. The maximum absolute atomic E-state index is 13.6. The fourth-order valence-corrected chi connectivity index (χ4v) is 6.69. The van der Waals surface area contributed by atoms with Gasteiger partial charge in [0.1, 0.15) is 17.6 Å².